The van der Waals surface area contributed by atoms with Gasteiger partial charge in [0.15, 0.2) is 0 Å². The first-order valence-electron chi connectivity index (χ1n) is 10.7. The standard InChI is InChI=1S/C23H29N5/c24-17-8-4-9-18(14-17)28-21-12-2-1-10-19(21)27-22(28)15-26-20-11-3-6-16-7-5-13-25-23(16)20/h1-2,5,7,10,12-13,17-18,20,26H,3-4,6,8-9,11,14-15,24H2/t17-,18?,20?/m1/s1. The molecule has 0 radical (unpaired) electrons. The van der Waals surface area contributed by atoms with Crippen molar-refractivity contribution in [3.63, 3.8) is 0 Å². The zero-order chi connectivity index (χ0) is 18.9. The number of pyridine rings is 1. The number of aryl methyl sites for hydroxylation is 1. The van der Waals surface area contributed by atoms with Crippen molar-refractivity contribution in [2.75, 3.05) is 0 Å². The summed E-state index contributed by atoms with van der Waals surface area (Å²) in [5.41, 5.74) is 11.2. The number of nitrogens with one attached hydrogen (secondary N) is 1. The van der Waals surface area contributed by atoms with E-state index in [1.807, 2.05) is 12.3 Å². The summed E-state index contributed by atoms with van der Waals surface area (Å²) in [6.45, 7) is 0.765. The van der Waals surface area contributed by atoms with Crippen molar-refractivity contribution in [1.82, 2.24) is 19.9 Å². The fourth-order valence-corrected chi connectivity index (χ4v) is 5.08. The number of benzene rings is 1. The van der Waals surface area contributed by atoms with Gasteiger partial charge >= 0.3 is 0 Å². The fraction of sp³-hybridized carbons (Fsp3) is 0.478. The summed E-state index contributed by atoms with van der Waals surface area (Å²) in [7, 11) is 0. The molecule has 5 nitrogen and oxygen atoms in total. The van der Waals surface area contributed by atoms with Gasteiger partial charge in [0, 0.05) is 18.3 Å². The van der Waals surface area contributed by atoms with E-state index in [-0.39, 0.29) is 0 Å². The molecule has 1 saturated carbocycles. The molecule has 0 spiro atoms. The first kappa shape index (κ1) is 17.8. The van der Waals surface area contributed by atoms with Gasteiger partial charge in [-0.05, 0) is 68.7 Å². The lowest BCUT2D eigenvalue weighted by atomic mass is 9.91. The number of aromatic nitrogens is 3. The van der Waals surface area contributed by atoms with Crippen molar-refractivity contribution in [3.05, 3.63) is 59.7 Å². The molecule has 146 valence electrons. The van der Waals surface area contributed by atoms with Crippen molar-refractivity contribution >= 4 is 11.0 Å². The van der Waals surface area contributed by atoms with E-state index in [0.717, 1.165) is 43.6 Å². The summed E-state index contributed by atoms with van der Waals surface area (Å²) in [4.78, 5) is 9.66. The first-order valence-corrected chi connectivity index (χ1v) is 10.7. The molecular weight excluding hydrogens is 346 g/mol. The second-order valence-electron chi connectivity index (χ2n) is 8.34. The van der Waals surface area contributed by atoms with Gasteiger partial charge in [-0.15, -0.1) is 0 Å². The number of hydrogen-bond donors (Lipinski definition) is 2. The van der Waals surface area contributed by atoms with Gasteiger partial charge < -0.3 is 15.6 Å². The minimum Gasteiger partial charge on any atom is -0.328 e. The molecule has 2 aliphatic carbocycles. The number of imidazole rings is 1. The molecule has 2 aromatic heterocycles. The molecule has 0 bridgehead atoms. The second-order valence-corrected chi connectivity index (χ2v) is 8.34. The van der Waals surface area contributed by atoms with Gasteiger partial charge in [-0.1, -0.05) is 18.2 Å². The van der Waals surface area contributed by atoms with Crippen LogP contribution in [0.25, 0.3) is 11.0 Å². The number of nitrogens with zero attached hydrogens (tertiary/aromatic N) is 3. The second kappa shape index (κ2) is 7.64. The van der Waals surface area contributed by atoms with E-state index in [0.29, 0.717) is 18.1 Å². The Morgan fingerprint density at radius 3 is 2.93 bits per heavy atom. The predicted molar refractivity (Wildman–Crippen MR) is 112 cm³/mol. The van der Waals surface area contributed by atoms with Crippen molar-refractivity contribution < 1.29 is 0 Å². The van der Waals surface area contributed by atoms with Crippen LogP contribution in [-0.4, -0.2) is 20.6 Å². The molecule has 0 aliphatic heterocycles. The van der Waals surface area contributed by atoms with E-state index in [2.05, 4.69) is 45.2 Å². The highest BCUT2D eigenvalue weighted by molar-refractivity contribution is 5.76. The average molecular weight is 376 g/mol. The zero-order valence-corrected chi connectivity index (χ0v) is 16.3. The van der Waals surface area contributed by atoms with Gasteiger partial charge in [0.05, 0.1) is 29.3 Å². The number of nitrogens with two attached hydrogens (primary N) is 1. The van der Waals surface area contributed by atoms with Gasteiger partial charge in [0.25, 0.3) is 0 Å². The van der Waals surface area contributed by atoms with Gasteiger partial charge in [-0.3, -0.25) is 4.98 Å². The Kier molecular flexibility index (Phi) is 4.87. The van der Waals surface area contributed by atoms with Crippen molar-refractivity contribution in [2.45, 2.75) is 69.6 Å². The third-order valence-corrected chi connectivity index (χ3v) is 6.42. The van der Waals surface area contributed by atoms with E-state index in [1.54, 1.807) is 0 Å². The topological polar surface area (TPSA) is 68.8 Å². The summed E-state index contributed by atoms with van der Waals surface area (Å²) in [6, 6.07) is 13.8. The highest BCUT2D eigenvalue weighted by Gasteiger charge is 2.26. The maximum Gasteiger partial charge on any atom is 0.124 e. The number of para-hydroxylation sites is 2. The molecule has 3 N–H and O–H groups in total. The zero-order valence-electron chi connectivity index (χ0n) is 16.3. The molecule has 2 aliphatic rings. The molecule has 5 rings (SSSR count). The molecule has 28 heavy (non-hydrogen) atoms. The molecule has 2 unspecified atom stereocenters. The van der Waals surface area contributed by atoms with Crippen molar-refractivity contribution in [3.8, 4) is 0 Å². The lowest BCUT2D eigenvalue weighted by molar-refractivity contribution is 0.315. The van der Waals surface area contributed by atoms with Gasteiger partial charge in [-0.2, -0.15) is 0 Å². The van der Waals surface area contributed by atoms with Crippen LogP contribution < -0.4 is 11.1 Å². The maximum absolute atomic E-state index is 6.31. The summed E-state index contributed by atoms with van der Waals surface area (Å²) >= 11 is 0. The van der Waals surface area contributed by atoms with Crippen LogP contribution >= 0.6 is 0 Å². The Hall–Kier alpha value is -2.24. The predicted octanol–water partition coefficient (Wildman–Crippen LogP) is 4.04. The maximum atomic E-state index is 6.31. The molecular formula is C23H29N5. The van der Waals surface area contributed by atoms with Crippen LogP contribution in [0.4, 0.5) is 0 Å². The Bertz CT molecular complexity index is 963. The molecule has 2 heterocycles. The molecule has 1 aromatic carbocycles. The Labute approximate surface area is 166 Å². The largest absolute Gasteiger partial charge is 0.328 e. The minimum absolute atomic E-state index is 0.301. The number of rotatable bonds is 4. The minimum atomic E-state index is 0.301. The van der Waals surface area contributed by atoms with E-state index in [9.17, 15) is 0 Å². The Morgan fingerprint density at radius 2 is 2.00 bits per heavy atom. The molecule has 0 saturated heterocycles. The van der Waals surface area contributed by atoms with Gasteiger partial charge in [0.1, 0.15) is 5.82 Å². The molecule has 1 fully saturated rings. The van der Waals surface area contributed by atoms with Crippen LogP contribution in [0.15, 0.2) is 42.6 Å². The van der Waals surface area contributed by atoms with E-state index < -0.39 is 0 Å². The van der Waals surface area contributed by atoms with Crippen LogP contribution in [0.2, 0.25) is 0 Å². The highest BCUT2D eigenvalue weighted by Crippen LogP contribution is 2.33. The number of hydrogen-bond acceptors (Lipinski definition) is 4. The monoisotopic (exact) mass is 375 g/mol. The van der Waals surface area contributed by atoms with Gasteiger partial charge in [0.2, 0.25) is 0 Å². The van der Waals surface area contributed by atoms with Crippen LogP contribution in [0.5, 0.6) is 0 Å². The SMILES string of the molecule is N[C@@H]1CCCC(n2c(CNC3CCCc4cccnc43)nc3ccccc32)C1. The molecule has 3 aromatic rings. The summed E-state index contributed by atoms with van der Waals surface area (Å²) in [5.74, 6) is 1.13. The third kappa shape index (κ3) is 3.33. The quantitative estimate of drug-likeness (QED) is 0.722. The van der Waals surface area contributed by atoms with E-state index >= 15 is 0 Å². The summed E-state index contributed by atoms with van der Waals surface area (Å²) in [5, 5.41) is 3.77. The molecule has 5 heteroatoms. The average Bonchev–Trinajstić information content (AvgIpc) is 3.10. The lowest BCUT2D eigenvalue weighted by Crippen LogP contribution is -2.31. The molecule has 3 atom stereocenters. The van der Waals surface area contributed by atoms with Crippen molar-refractivity contribution in [1.29, 1.82) is 0 Å². The number of fused-ring (bicyclic) bond motifs is 2. The van der Waals surface area contributed by atoms with Gasteiger partial charge in [-0.25, -0.2) is 4.98 Å². The van der Waals surface area contributed by atoms with E-state index in [4.69, 9.17) is 10.7 Å². The third-order valence-electron chi connectivity index (χ3n) is 6.42. The summed E-state index contributed by atoms with van der Waals surface area (Å²) in [6.07, 6.45) is 9.97. The Balaban J connectivity index is 1.44. The molecule has 0 amide bonds. The van der Waals surface area contributed by atoms with Crippen LogP contribution in [0, 0.1) is 0 Å². The fourth-order valence-electron chi connectivity index (χ4n) is 5.08. The van der Waals surface area contributed by atoms with Crippen LogP contribution in [-0.2, 0) is 13.0 Å². The Morgan fingerprint density at radius 1 is 1.07 bits per heavy atom. The first-order chi connectivity index (χ1) is 13.8. The lowest BCUT2D eigenvalue weighted by Gasteiger charge is -2.30. The van der Waals surface area contributed by atoms with Crippen LogP contribution in [0.1, 0.15) is 67.7 Å². The van der Waals surface area contributed by atoms with E-state index in [1.165, 1.54) is 36.0 Å². The van der Waals surface area contributed by atoms with Crippen molar-refractivity contribution in [2.24, 2.45) is 5.73 Å². The normalized spacial score (nSPS) is 25.0. The van der Waals surface area contributed by atoms with Crippen LogP contribution in [0.3, 0.4) is 0 Å². The highest BCUT2D eigenvalue weighted by atomic mass is 15.1. The smallest absolute Gasteiger partial charge is 0.124 e. The summed E-state index contributed by atoms with van der Waals surface area (Å²) < 4.78 is 2.46.